The lowest BCUT2D eigenvalue weighted by Gasteiger charge is -2.29. The third-order valence-electron chi connectivity index (χ3n) is 5.01. The van der Waals surface area contributed by atoms with Gasteiger partial charge in [-0.05, 0) is 66.8 Å². The second-order valence-corrected chi connectivity index (χ2v) is 9.15. The summed E-state index contributed by atoms with van der Waals surface area (Å²) in [6.45, 7) is 5.08. The van der Waals surface area contributed by atoms with E-state index in [1.807, 2.05) is 38.1 Å². The van der Waals surface area contributed by atoms with E-state index in [1.54, 1.807) is 17.0 Å². The summed E-state index contributed by atoms with van der Waals surface area (Å²) in [7, 11) is -0.444. The number of nitrogens with zero attached hydrogens (tertiary/aromatic N) is 2. The molecule has 1 aliphatic rings. The van der Waals surface area contributed by atoms with Gasteiger partial charge in [0.05, 0.1) is 4.90 Å². The molecule has 2 aromatic rings. The van der Waals surface area contributed by atoms with Crippen LogP contribution in [0.5, 0.6) is 0 Å². The molecule has 0 fully saturated rings. The molecule has 0 bridgehead atoms. The summed E-state index contributed by atoms with van der Waals surface area (Å²) in [5.41, 5.74) is 4.92. The van der Waals surface area contributed by atoms with Crippen LogP contribution >= 0.6 is 0 Å². The van der Waals surface area contributed by atoms with Gasteiger partial charge in [-0.15, -0.1) is 0 Å². The number of amides is 1. The molecule has 0 aliphatic carbocycles. The molecule has 0 aromatic heterocycles. The van der Waals surface area contributed by atoms with E-state index in [2.05, 4.69) is 0 Å². The second kappa shape index (κ2) is 6.85. The Morgan fingerprint density at radius 2 is 1.73 bits per heavy atom. The third-order valence-corrected chi connectivity index (χ3v) is 6.82. The highest BCUT2D eigenvalue weighted by Gasteiger charge is 2.25. The zero-order chi connectivity index (χ0) is 19.1. The van der Waals surface area contributed by atoms with Crippen molar-refractivity contribution in [1.82, 2.24) is 9.21 Å². The normalized spacial score (nSPS) is 14.4. The highest BCUT2D eigenvalue weighted by Crippen LogP contribution is 2.25. The monoisotopic (exact) mass is 372 g/mol. The lowest BCUT2D eigenvalue weighted by Crippen LogP contribution is -2.36. The standard InChI is InChI=1S/C20H24N2O3S/c1-14-5-6-17(11-15(14)2)20(23)22-10-9-16-7-8-19(12-18(16)13-22)26(24,25)21(3)4/h5-8,11-12H,9-10,13H2,1-4H3. The number of carbonyl (C=O) groups excluding carboxylic acids is 1. The minimum atomic E-state index is -3.48. The van der Waals surface area contributed by atoms with E-state index in [0.29, 0.717) is 18.7 Å². The third kappa shape index (κ3) is 3.39. The van der Waals surface area contributed by atoms with Gasteiger partial charge in [0.1, 0.15) is 0 Å². The fourth-order valence-corrected chi connectivity index (χ4v) is 4.09. The van der Waals surface area contributed by atoms with Crippen molar-refractivity contribution in [1.29, 1.82) is 0 Å². The molecule has 5 nitrogen and oxygen atoms in total. The molecule has 1 amide bonds. The van der Waals surface area contributed by atoms with Gasteiger partial charge in [-0.1, -0.05) is 12.1 Å². The summed E-state index contributed by atoms with van der Waals surface area (Å²) in [4.78, 5) is 14.9. The molecule has 26 heavy (non-hydrogen) atoms. The molecule has 0 saturated heterocycles. The smallest absolute Gasteiger partial charge is 0.254 e. The number of fused-ring (bicyclic) bond motifs is 1. The molecule has 0 atom stereocenters. The van der Waals surface area contributed by atoms with Crippen LogP contribution in [0.15, 0.2) is 41.3 Å². The number of carbonyl (C=O) groups is 1. The lowest BCUT2D eigenvalue weighted by molar-refractivity contribution is 0.0734. The van der Waals surface area contributed by atoms with Crippen molar-refractivity contribution in [3.8, 4) is 0 Å². The SMILES string of the molecule is Cc1ccc(C(=O)N2CCc3ccc(S(=O)(=O)N(C)C)cc3C2)cc1C. The molecule has 138 valence electrons. The highest BCUT2D eigenvalue weighted by atomic mass is 32.2. The van der Waals surface area contributed by atoms with Gasteiger partial charge < -0.3 is 4.90 Å². The Balaban J connectivity index is 1.88. The summed E-state index contributed by atoms with van der Waals surface area (Å²) in [6.07, 6.45) is 0.730. The van der Waals surface area contributed by atoms with Crippen molar-refractivity contribution >= 4 is 15.9 Å². The van der Waals surface area contributed by atoms with Gasteiger partial charge in [0, 0.05) is 32.7 Å². The molecule has 2 aromatic carbocycles. The summed E-state index contributed by atoms with van der Waals surface area (Å²) >= 11 is 0. The molecule has 0 saturated carbocycles. The summed E-state index contributed by atoms with van der Waals surface area (Å²) in [6, 6.07) is 10.9. The van der Waals surface area contributed by atoms with Crippen molar-refractivity contribution in [3.05, 3.63) is 64.2 Å². The van der Waals surface area contributed by atoms with Crippen molar-refractivity contribution < 1.29 is 13.2 Å². The van der Waals surface area contributed by atoms with Crippen molar-refractivity contribution in [2.24, 2.45) is 0 Å². The minimum absolute atomic E-state index is 0.0142. The molecule has 3 rings (SSSR count). The largest absolute Gasteiger partial charge is 0.334 e. The van der Waals surface area contributed by atoms with Crippen LogP contribution in [0.4, 0.5) is 0 Å². The zero-order valence-corrected chi connectivity index (χ0v) is 16.4. The Hall–Kier alpha value is -2.18. The Bertz CT molecular complexity index is 965. The van der Waals surface area contributed by atoms with E-state index >= 15 is 0 Å². The van der Waals surface area contributed by atoms with Gasteiger partial charge in [0.25, 0.3) is 5.91 Å². The van der Waals surface area contributed by atoms with Crippen molar-refractivity contribution in [2.75, 3.05) is 20.6 Å². The van der Waals surface area contributed by atoms with Gasteiger partial charge in [-0.25, -0.2) is 12.7 Å². The van der Waals surface area contributed by atoms with Gasteiger partial charge in [-0.2, -0.15) is 0 Å². The number of rotatable bonds is 3. The molecule has 0 spiro atoms. The average Bonchev–Trinajstić information content (AvgIpc) is 2.62. The van der Waals surface area contributed by atoms with Crippen LogP contribution in [0.25, 0.3) is 0 Å². The van der Waals surface area contributed by atoms with E-state index in [1.165, 1.54) is 18.4 Å². The van der Waals surface area contributed by atoms with E-state index in [0.717, 1.165) is 28.7 Å². The zero-order valence-electron chi connectivity index (χ0n) is 15.6. The molecule has 0 unspecified atom stereocenters. The molecule has 1 heterocycles. The summed E-state index contributed by atoms with van der Waals surface area (Å²) in [5.74, 6) is -0.0142. The average molecular weight is 372 g/mol. The topological polar surface area (TPSA) is 57.7 Å². The van der Waals surface area contributed by atoms with Gasteiger partial charge in [0.2, 0.25) is 10.0 Å². The first kappa shape index (κ1) is 18.6. The van der Waals surface area contributed by atoms with Crippen LogP contribution in [0.1, 0.15) is 32.6 Å². The number of sulfonamides is 1. The minimum Gasteiger partial charge on any atom is -0.334 e. The molecular formula is C20H24N2O3S. The maximum absolute atomic E-state index is 12.9. The van der Waals surface area contributed by atoms with Crippen LogP contribution in [-0.2, 0) is 23.0 Å². The Morgan fingerprint density at radius 1 is 1.00 bits per heavy atom. The van der Waals surface area contributed by atoms with E-state index < -0.39 is 10.0 Å². The van der Waals surface area contributed by atoms with Crippen molar-refractivity contribution in [2.45, 2.75) is 31.7 Å². The highest BCUT2D eigenvalue weighted by molar-refractivity contribution is 7.89. The number of hydrogen-bond acceptors (Lipinski definition) is 3. The quantitative estimate of drug-likeness (QED) is 0.832. The Morgan fingerprint density at radius 3 is 2.38 bits per heavy atom. The first-order valence-electron chi connectivity index (χ1n) is 8.61. The van der Waals surface area contributed by atoms with E-state index in [9.17, 15) is 13.2 Å². The molecule has 0 N–H and O–H groups in total. The van der Waals surface area contributed by atoms with Crippen LogP contribution in [0.2, 0.25) is 0 Å². The fraction of sp³-hybridized carbons (Fsp3) is 0.350. The number of hydrogen-bond donors (Lipinski definition) is 0. The Kier molecular flexibility index (Phi) is 4.90. The Labute approximate surface area is 155 Å². The van der Waals surface area contributed by atoms with E-state index in [4.69, 9.17) is 0 Å². The molecule has 0 radical (unpaired) electrons. The van der Waals surface area contributed by atoms with Crippen LogP contribution in [-0.4, -0.2) is 44.2 Å². The summed E-state index contributed by atoms with van der Waals surface area (Å²) < 4.78 is 25.9. The molecule has 1 aliphatic heterocycles. The van der Waals surface area contributed by atoms with Gasteiger partial charge in [0.15, 0.2) is 0 Å². The van der Waals surface area contributed by atoms with E-state index in [-0.39, 0.29) is 10.8 Å². The predicted molar refractivity (Wildman–Crippen MR) is 102 cm³/mol. The molecule has 6 heteroatoms. The lowest BCUT2D eigenvalue weighted by atomic mass is 9.98. The summed E-state index contributed by atoms with van der Waals surface area (Å²) in [5, 5.41) is 0. The molecular weight excluding hydrogens is 348 g/mol. The van der Waals surface area contributed by atoms with Crippen molar-refractivity contribution in [3.63, 3.8) is 0 Å². The first-order valence-corrected chi connectivity index (χ1v) is 10.0. The van der Waals surface area contributed by atoms with Crippen LogP contribution in [0, 0.1) is 13.8 Å². The van der Waals surface area contributed by atoms with Gasteiger partial charge in [-0.3, -0.25) is 4.79 Å². The first-order chi connectivity index (χ1) is 12.2. The maximum Gasteiger partial charge on any atom is 0.254 e. The predicted octanol–water partition coefficient (Wildman–Crippen LogP) is 2.75. The van der Waals surface area contributed by atoms with Gasteiger partial charge >= 0.3 is 0 Å². The van der Waals surface area contributed by atoms with Crippen LogP contribution in [0.3, 0.4) is 0 Å². The van der Waals surface area contributed by atoms with Crippen LogP contribution < -0.4 is 0 Å². The second-order valence-electron chi connectivity index (χ2n) is 6.99. The fourth-order valence-electron chi connectivity index (χ4n) is 3.14. The number of benzene rings is 2. The maximum atomic E-state index is 12.9. The number of aryl methyl sites for hydroxylation is 2.